The molecule has 1 aliphatic rings. The molecule has 0 radical (unpaired) electrons. The van der Waals surface area contributed by atoms with Gasteiger partial charge in [-0.05, 0) is 18.8 Å². The maximum Gasteiger partial charge on any atom is 0.305 e. The maximum atomic E-state index is 10.2. The zero-order chi connectivity index (χ0) is 9.68. The summed E-state index contributed by atoms with van der Waals surface area (Å²) in [7, 11) is 0. The third-order valence-corrected chi connectivity index (χ3v) is 2.79. The fourth-order valence-corrected chi connectivity index (χ4v) is 2.03. The van der Waals surface area contributed by atoms with E-state index in [1.54, 1.807) is 0 Å². The molecule has 0 aromatic carbocycles. The Kier molecular flexibility index (Phi) is 4.22. The Labute approximate surface area is 78.8 Å². The smallest absolute Gasteiger partial charge is 0.305 e. The Hall–Kier alpha value is -0.570. The highest BCUT2D eigenvalue weighted by Crippen LogP contribution is 2.29. The molecule has 1 unspecified atom stereocenters. The zero-order valence-corrected chi connectivity index (χ0v) is 7.91. The van der Waals surface area contributed by atoms with E-state index < -0.39 is 12.1 Å². The first-order valence-corrected chi connectivity index (χ1v) is 5.08. The third kappa shape index (κ3) is 4.27. The van der Waals surface area contributed by atoms with Crippen molar-refractivity contribution in [3.63, 3.8) is 0 Å². The molecular weight excluding hydrogens is 168 g/mol. The van der Waals surface area contributed by atoms with Gasteiger partial charge in [-0.2, -0.15) is 0 Å². The normalized spacial score (nSPS) is 20.4. The lowest BCUT2D eigenvalue weighted by molar-refractivity contribution is -0.139. The third-order valence-electron chi connectivity index (χ3n) is 2.79. The van der Waals surface area contributed by atoms with E-state index in [0.29, 0.717) is 6.42 Å². The van der Waals surface area contributed by atoms with E-state index >= 15 is 0 Å². The van der Waals surface area contributed by atoms with Crippen molar-refractivity contribution in [2.45, 2.75) is 51.0 Å². The molecule has 3 nitrogen and oxygen atoms in total. The number of aliphatic hydroxyl groups is 1. The lowest BCUT2D eigenvalue weighted by Crippen LogP contribution is -2.13. The van der Waals surface area contributed by atoms with E-state index in [4.69, 9.17) is 5.11 Å². The van der Waals surface area contributed by atoms with Crippen LogP contribution in [0.5, 0.6) is 0 Å². The molecule has 13 heavy (non-hydrogen) atoms. The van der Waals surface area contributed by atoms with E-state index in [0.717, 1.165) is 12.3 Å². The molecule has 0 aliphatic heterocycles. The lowest BCUT2D eigenvalue weighted by Gasteiger charge is -2.11. The van der Waals surface area contributed by atoms with Crippen LogP contribution in [0.3, 0.4) is 0 Å². The van der Waals surface area contributed by atoms with Crippen LogP contribution >= 0.6 is 0 Å². The second-order valence-corrected chi connectivity index (χ2v) is 3.98. The Morgan fingerprint density at radius 1 is 1.38 bits per heavy atom. The molecule has 1 fully saturated rings. The van der Waals surface area contributed by atoms with Crippen molar-refractivity contribution in [1.29, 1.82) is 0 Å². The molecule has 3 heteroatoms. The average Bonchev–Trinajstić information content (AvgIpc) is 2.51. The fourth-order valence-electron chi connectivity index (χ4n) is 2.03. The second kappa shape index (κ2) is 5.22. The largest absolute Gasteiger partial charge is 0.481 e. The molecule has 0 saturated heterocycles. The van der Waals surface area contributed by atoms with Crippen LogP contribution in [-0.2, 0) is 4.79 Å². The van der Waals surface area contributed by atoms with Gasteiger partial charge in [0.1, 0.15) is 0 Å². The number of aliphatic hydroxyl groups excluding tert-OH is 1. The summed E-state index contributed by atoms with van der Waals surface area (Å²) < 4.78 is 0. The van der Waals surface area contributed by atoms with Crippen molar-refractivity contribution < 1.29 is 15.0 Å². The van der Waals surface area contributed by atoms with Gasteiger partial charge in [0.25, 0.3) is 0 Å². The topological polar surface area (TPSA) is 57.5 Å². The first-order chi connectivity index (χ1) is 6.18. The van der Waals surface area contributed by atoms with Crippen molar-refractivity contribution in [3.8, 4) is 0 Å². The summed E-state index contributed by atoms with van der Waals surface area (Å²) in [6, 6.07) is 0. The monoisotopic (exact) mass is 186 g/mol. The molecule has 1 aliphatic carbocycles. The van der Waals surface area contributed by atoms with E-state index in [1.807, 2.05) is 0 Å². The number of aliphatic carboxylic acids is 1. The summed E-state index contributed by atoms with van der Waals surface area (Å²) in [5.74, 6) is -0.164. The minimum atomic E-state index is -0.904. The first kappa shape index (κ1) is 10.5. The average molecular weight is 186 g/mol. The van der Waals surface area contributed by atoms with Gasteiger partial charge in [0.15, 0.2) is 0 Å². The van der Waals surface area contributed by atoms with Crippen LogP contribution in [0.2, 0.25) is 0 Å². The number of hydrogen-bond donors (Lipinski definition) is 2. The molecule has 0 aromatic rings. The highest BCUT2D eigenvalue weighted by atomic mass is 16.4. The van der Waals surface area contributed by atoms with Crippen molar-refractivity contribution >= 4 is 5.97 Å². The number of carboxylic acid groups (broad SMARTS) is 1. The number of hydrogen-bond acceptors (Lipinski definition) is 2. The molecule has 76 valence electrons. The SMILES string of the molecule is O=C(O)CC(O)CCC1CCCC1. The molecule has 0 amide bonds. The Morgan fingerprint density at radius 3 is 2.54 bits per heavy atom. The molecule has 0 aromatic heterocycles. The van der Waals surface area contributed by atoms with Gasteiger partial charge in [0.2, 0.25) is 0 Å². The Morgan fingerprint density at radius 2 is 2.00 bits per heavy atom. The molecule has 2 N–H and O–H groups in total. The first-order valence-electron chi connectivity index (χ1n) is 5.08. The van der Waals surface area contributed by atoms with Gasteiger partial charge in [-0.15, -0.1) is 0 Å². The summed E-state index contributed by atoms with van der Waals surface area (Å²) in [4.78, 5) is 10.2. The lowest BCUT2D eigenvalue weighted by atomic mass is 9.98. The standard InChI is InChI=1S/C10H18O3/c11-9(7-10(12)13)6-5-8-3-1-2-4-8/h8-9,11H,1-7H2,(H,12,13). The summed E-state index contributed by atoms with van der Waals surface area (Å²) in [5, 5.41) is 17.7. The van der Waals surface area contributed by atoms with Gasteiger partial charge in [0, 0.05) is 0 Å². The van der Waals surface area contributed by atoms with Crippen molar-refractivity contribution in [2.75, 3.05) is 0 Å². The molecule has 0 heterocycles. The summed E-state index contributed by atoms with van der Waals surface area (Å²) in [6.45, 7) is 0. The summed E-state index contributed by atoms with van der Waals surface area (Å²) in [5.41, 5.74) is 0. The van der Waals surface area contributed by atoms with Crippen LogP contribution in [0.15, 0.2) is 0 Å². The van der Waals surface area contributed by atoms with Gasteiger partial charge < -0.3 is 10.2 Å². The van der Waals surface area contributed by atoms with E-state index in [9.17, 15) is 9.90 Å². The predicted octanol–water partition coefficient (Wildman–Crippen LogP) is 1.79. The van der Waals surface area contributed by atoms with Gasteiger partial charge >= 0.3 is 5.97 Å². The summed E-state index contributed by atoms with van der Waals surface area (Å²) >= 11 is 0. The fraction of sp³-hybridized carbons (Fsp3) is 0.900. The highest BCUT2D eigenvalue weighted by molar-refractivity contribution is 5.67. The van der Waals surface area contributed by atoms with Gasteiger partial charge in [-0.1, -0.05) is 25.7 Å². The highest BCUT2D eigenvalue weighted by Gasteiger charge is 2.17. The van der Waals surface area contributed by atoms with Gasteiger partial charge in [-0.3, -0.25) is 4.79 Å². The minimum absolute atomic E-state index is 0.104. The minimum Gasteiger partial charge on any atom is -0.481 e. The van der Waals surface area contributed by atoms with Gasteiger partial charge in [0.05, 0.1) is 12.5 Å². The zero-order valence-electron chi connectivity index (χ0n) is 7.91. The van der Waals surface area contributed by atoms with Gasteiger partial charge in [-0.25, -0.2) is 0 Å². The van der Waals surface area contributed by atoms with E-state index in [1.165, 1.54) is 25.7 Å². The van der Waals surface area contributed by atoms with E-state index in [2.05, 4.69) is 0 Å². The van der Waals surface area contributed by atoms with Crippen LogP contribution < -0.4 is 0 Å². The molecule has 1 atom stereocenters. The molecular formula is C10H18O3. The van der Waals surface area contributed by atoms with Crippen LogP contribution in [0, 0.1) is 5.92 Å². The second-order valence-electron chi connectivity index (χ2n) is 3.98. The number of carbonyl (C=O) groups is 1. The van der Waals surface area contributed by atoms with Crippen LogP contribution in [0.4, 0.5) is 0 Å². The Balaban J connectivity index is 2.06. The van der Waals surface area contributed by atoms with Crippen LogP contribution in [-0.4, -0.2) is 22.3 Å². The van der Waals surface area contributed by atoms with Crippen molar-refractivity contribution in [3.05, 3.63) is 0 Å². The quantitative estimate of drug-likeness (QED) is 0.688. The maximum absolute atomic E-state index is 10.2. The van der Waals surface area contributed by atoms with Crippen molar-refractivity contribution in [2.24, 2.45) is 5.92 Å². The predicted molar refractivity (Wildman–Crippen MR) is 49.5 cm³/mol. The van der Waals surface area contributed by atoms with Crippen molar-refractivity contribution in [1.82, 2.24) is 0 Å². The Bertz CT molecular complexity index is 162. The molecule has 1 rings (SSSR count). The summed E-state index contributed by atoms with van der Waals surface area (Å²) in [6.07, 6.45) is 6.04. The molecule has 0 spiro atoms. The number of carboxylic acids is 1. The number of rotatable bonds is 5. The van der Waals surface area contributed by atoms with Crippen LogP contribution in [0.25, 0.3) is 0 Å². The van der Waals surface area contributed by atoms with E-state index in [-0.39, 0.29) is 6.42 Å². The molecule has 0 bridgehead atoms. The molecule has 1 saturated carbocycles. The van der Waals surface area contributed by atoms with Crippen LogP contribution in [0.1, 0.15) is 44.9 Å².